The molecule has 7 nitrogen and oxygen atoms in total. The van der Waals surface area contributed by atoms with Gasteiger partial charge in [-0.3, -0.25) is 4.79 Å². The third-order valence-corrected chi connectivity index (χ3v) is 5.37. The first-order valence-corrected chi connectivity index (χ1v) is 10.1. The zero-order chi connectivity index (χ0) is 21.4. The number of tetrazole rings is 1. The number of nitrogens with zero attached hydrogens (tertiary/aromatic N) is 5. The van der Waals surface area contributed by atoms with Crippen LogP contribution in [0.2, 0.25) is 0 Å². The van der Waals surface area contributed by atoms with Gasteiger partial charge in [-0.2, -0.15) is 4.52 Å². The molecule has 3 heterocycles. The first kappa shape index (κ1) is 19.0. The van der Waals surface area contributed by atoms with Crippen molar-refractivity contribution in [2.75, 3.05) is 0 Å². The Morgan fingerprint density at radius 3 is 2.58 bits per heavy atom. The predicted octanol–water partition coefficient (Wildman–Crippen LogP) is 4.33. The summed E-state index contributed by atoms with van der Waals surface area (Å²) < 4.78 is 7.25. The van der Waals surface area contributed by atoms with Crippen LogP contribution in [0.15, 0.2) is 71.3 Å². The van der Waals surface area contributed by atoms with Crippen molar-refractivity contribution in [2.45, 2.75) is 26.9 Å². The van der Waals surface area contributed by atoms with Crippen LogP contribution in [0.4, 0.5) is 0 Å². The van der Waals surface area contributed by atoms with Gasteiger partial charge in [-0.15, -0.1) is 5.10 Å². The fourth-order valence-corrected chi connectivity index (χ4v) is 3.78. The summed E-state index contributed by atoms with van der Waals surface area (Å²) in [5, 5.41) is 13.3. The average Bonchev–Trinajstić information content (AvgIpc) is 3.45. The van der Waals surface area contributed by atoms with Crippen LogP contribution in [-0.2, 0) is 13.1 Å². The lowest BCUT2D eigenvalue weighted by Gasteiger charge is -2.22. The van der Waals surface area contributed by atoms with Gasteiger partial charge in [0, 0.05) is 16.5 Å². The molecule has 3 aromatic heterocycles. The van der Waals surface area contributed by atoms with Gasteiger partial charge in [0.15, 0.2) is 5.65 Å². The Labute approximate surface area is 178 Å². The highest BCUT2D eigenvalue weighted by Crippen LogP contribution is 2.23. The first-order valence-electron chi connectivity index (χ1n) is 10.1. The van der Waals surface area contributed by atoms with Crippen molar-refractivity contribution in [3.8, 4) is 0 Å². The molecule has 1 amide bonds. The minimum Gasteiger partial charge on any atom is -0.467 e. The van der Waals surface area contributed by atoms with E-state index in [1.807, 2.05) is 62.4 Å². The number of aryl methyl sites for hydroxylation is 2. The number of pyridine rings is 1. The highest BCUT2D eigenvalue weighted by Gasteiger charge is 2.20. The minimum absolute atomic E-state index is 0.0774. The maximum absolute atomic E-state index is 13.4. The van der Waals surface area contributed by atoms with E-state index in [4.69, 9.17) is 4.42 Å². The second-order valence-corrected chi connectivity index (χ2v) is 7.75. The van der Waals surface area contributed by atoms with E-state index in [1.54, 1.807) is 15.7 Å². The van der Waals surface area contributed by atoms with Gasteiger partial charge in [-0.25, -0.2) is 0 Å². The van der Waals surface area contributed by atoms with Gasteiger partial charge < -0.3 is 9.32 Å². The molecule has 0 radical (unpaired) electrons. The molecular formula is C24H21N5O2. The van der Waals surface area contributed by atoms with Crippen LogP contribution in [0.5, 0.6) is 0 Å². The summed E-state index contributed by atoms with van der Waals surface area (Å²) in [7, 11) is 0. The normalized spacial score (nSPS) is 11.3. The summed E-state index contributed by atoms with van der Waals surface area (Å²) in [6, 6.07) is 19.5. The van der Waals surface area contributed by atoms with Gasteiger partial charge in [0.2, 0.25) is 0 Å². The number of rotatable bonds is 5. The number of aromatic nitrogens is 4. The molecule has 0 aliphatic carbocycles. The van der Waals surface area contributed by atoms with Crippen LogP contribution >= 0.6 is 0 Å². The number of hydrogen-bond donors (Lipinski definition) is 0. The standard InChI is InChI=1S/C24H21N5O2/c1-16-5-8-18(9-6-16)24(30)28(15-21-4-3-11-31-21)14-20-13-19-12-17(2)7-10-22(19)29-23(20)25-26-27-29/h3-13H,14-15H2,1-2H3. The van der Waals surface area contributed by atoms with Crippen LogP contribution in [0, 0.1) is 13.8 Å². The molecule has 0 aliphatic heterocycles. The van der Waals surface area contributed by atoms with E-state index in [9.17, 15) is 4.79 Å². The van der Waals surface area contributed by atoms with Crippen molar-refractivity contribution >= 4 is 22.5 Å². The topological polar surface area (TPSA) is 76.5 Å². The number of carbonyl (C=O) groups excluding carboxylic acids is 1. The Bertz CT molecular complexity index is 1370. The van der Waals surface area contributed by atoms with E-state index in [1.165, 1.54) is 0 Å². The Morgan fingerprint density at radius 2 is 1.81 bits per heavy atom. The number of fused-ring (bicyclic) bond motifs is 3. The van der Waals surface area contributed by atoms with Crippen LogP contribution in [0.1, 0.15) is 32.8 Å². The molecule has 0 N–H and O–H groups in total. The van der Waals surface area contributed by atoms with Gasteiger partial charge in [-0.1, -0.05) is 29.3 Å². The number of furan rings is 1. The largest absolute Gasteiger partial charge is 0.467 e. The molecule has 5 rings (SSSR count). The van der Waals surface area contributed by atoms with Crippen molar-refractivity contribution in [1.82, 2.24) is 24.9 Å². The zero-order valence-electron chi connectivity index (χ0n) is 17.3. The Morgan fingerprint density at radius 1 is 1.00 bits per heavy atom. The SMILES string of the molecule is Cc1ccc(C(=O)N(Cc2ccco2)Cc2cc3cc(C)ccc3n3nnnc23)cc1. The van der Waals surface area contributed by atoms with E-state index < -0.39 is 0 Å². The molecule has 2 aromatic carbocycles. The molecule has 5 aromatic rings. The second-order valence-electron chi connectivity index (χ2n) is 7.75. The van der Waals surface area contributed by atoms with Crippen LogP contribution in [0.3, 0.4) is 0 Å². The molecule has 0 saturated heterocycles. The van der Waals surface area contributed by atoms with E-state index in [2.05, 4.69) is 27.7 Å². The molecule has 0 fully saturated rings. The van der Waals surface area contributed by atoms with Crippen molar-refractivity contribution in [2.24, 2.45) is 0 Å². The molecule has 0 atom stereocenters. The van der Waals surface area contributed by atoms with Gasteiger partial charge >= 0.3 is 0 Å². The van der Waals surface area contributed by atoms with Gasteiger partial charge in [0.05, 0.1) is 24.9 Å². The van der Waals surface area contributed by atoms with Gasteiger partial charge in [0.1, 0.15) is 5.76 Å². The number of hydrogen-bond acceptors (Lipinski definition) is 5. The number of carbonyl (C=O) groups is 1. The third kappa shape index (κ3) is 3.66. The van der Waals surface area contributed by atoms with Gasteiger partial charge in [-0.05, 0) is 66.7 Å². The van der Waals surface area contributed by atoms with E-state index >= 15 is 0 Å². The Balaban J connectivity index is 1.58. The molecule has 0 spiro atoms. The molecular weight excluding hydrogens is 390 g/mol. The lowest BCUT2D eigenvalue weighted by atomic mass is 10.1. The molecule has 154 valence electrons. The quantitative estimate of drug-likeness (QED) is 0.430. The van der Waals surface area contributed by atoms with Crippen LogP contribution in [0.25, 0.3) is 16.6 Å². The summed E-state index contributed by atoms with van der Waals surface area (Å²) in [6.07, 6.45) is 1.61. The molecule has 0 bridgehead atoms. The molecule has 31 heavy (non-hydrogen) atoms. The van der Waals surface area contributed by atoms with Gasteiger partial charge in [0.25, 0.3) is 5.91 Å². The highest BCUT2D eigenvalue weighted by atomic mass is 16.3. The number of benzene rings is 2. The lowest BCUT2D eigenvalue weighted by Crippen LogP contribution is -2.30. The van der Waals surface area contributed by atoms with E-state index in [0.29, 0.717) is 30.1 Å². The summed E-state index contributed by atoms with van der Waals surface area (Å²) in [6.45, 7) is 4.74. The summed E-state index contributed by atoms with van der Waals surface area (Å²) in [5.41, 5.74) is 5.32. The maximum atomic E-state index is 13.4. The molecule has 0 unspecified atom stereocenters. The number of amides is 1. The zero-order valence-corrected chi connectivity index (χ0v) is 17.3. The van der Waals surface area contributed by atoms with Crippen molar-refractivity contribution in [1.29, 1.82) is 0 Å². The smallest absolute Gasteiger partial charge is 0.254 e. The molecule has 7 heteroatoms. The second kappa shape index (κ2) is 7.68. The average molecular weight is 411 g/mol. The van der Waals surface area contributed by atoms with Crippen molar-refractivity contribution in [3.05, 3.63) is 94.9 Å². The Hall–Kier alpha value is -4.00. The highest BCUT2D eigenvalue weighted by molar-refractivity contribution is 5.94. The fourth-order valence-electron chi connectivity index (χ4n) is 3.78. The van der Waals surface area contributed by atoms with Crippen molar-refractivity contribution < 1.29 is 9.21 Å². The summed E-state index contributed by atoms with van der Waals surface area (Å²) in [5.74, 6) is 0.638. The third-order valence-electron chi connectivity index (χ3n) is 5.37. The fraction of sp³-hybridized carbons (Fsp3) is 0.167. The van der Waals surface area contributed by atoms with Crippen LogP contribution in [-0.4, -0.2) is 30.8 Å². The Kier molecular flexibility index (Phi) is 4.71. The summed E-state index contributed by atoms with van der Waals surface area (Å²) >= 11 is 0. The molecule has 0 aliphatic rings. The lowest BCUT2D eigenvalue weighted by molar-refractivity contribution is 0.0718. The minimum atomic E-state index is -0.0774. The molecule has 0 saturated carbocycles. The monoisotopic (exact) mass is 411 g/mol. The van der Waals surface area contributed by atoms with Crippen LogP contribution < -0.4 is 0 Å². The predicted molar refractivity (Wildman–Crippen MR) is 116 cm³/mol. The summed E-state index contributed by atoms with van der Waals surface area (Å²) in [4.78, 5) is 15.2. The first-order chi connectivity index (χ1) is 15.1. The maximum Gasteiger partial charge on any atom is 0.254 e. The van der Waals surface area contributed by atoms with Crippen molar-refractivity contribution in [3.63, 3.8) is 0 Å². The van der Waals surface area contributed by atoms with E-state index in [0.717, 1.165) is 27.6 Å². The van der Waals surface area contributed by atoms with E-state index in [-0.39, 0.29) is 5.91 Å².